The molecule has 1 heterocycles. The van der Waals surface area contributed by atoms with Gasteiger partial charge >= 0.3 is 6.08 Å². The second-order valence-electron chi connectivity index (χ2n) is 3.47. The van der Waals surface area contributed by atoms with Crippen LogP contribution in [0.1, 0.15) is 10.4 Å². The fraction of sp³-hybridized carbons (Fsp3) is 0.250. The Balaban J connectivity index is 2.06. The first kappa shape index (κ1) is 12.3. The molecule has 2 aromatic rings. The quantitative estimate of drug-likeness (QED) is 0.570. The van der Waals surface area contributed by atoms with Crippen LogP contribution in [0.15, 0.2) is 28.8 Å². The molecule has 0 bridgehead atoms. The number of methoxy groups -OCH3 is 1. The van der Waals surface area contributed by atoms with E-state index in [4.69, 9.17) is 14.0 Å². The van der Waals surface area contributed by atoms with E-state index in [1.165, 1.54) is 0 Å². The fourth-order valence-electron chi connectivity index (χ4n) is 1.31. The van der Waals surface area contributed by atoms with Gasteiger partial charge in [-0.3, -0.25) is 9.32 Å². The molecule has 1 aromatic carbocycles. The molecule has 0 fully saturated rings. The number of hydrogen-bond acceptors (Lipinski definition) is 6. The third kappa shape index (κ3) is 2.92. The Bertz CT molecular complexity index is 507. The van der Waals surface area contributed by atoms with Crippen molar-refractivity contribution >= 4 is 6.29 Å². The molecule has 2 rings (SSSR count). The Morgan fingerprint density at radius 2 is 2.06 bits per heavy atom. The number of carbonyl (C=O) groups is 1. The lowest BCUT2D eigenvalue weighted by Crippen LogP contribution is -2.04. The minimum absolute atomic E-state index is 0.0986. The first-order valence-electron chi connectivity index (χ1n) is 5.34. The van der Waals surface area contributed by atoms with Gasteiger partial charge in [0.1, 0.15) is 12.9 Å². The van der Waals surface area contributed by atoms with Crippen LogP contribution in [0, 0.1) is 0 Å². The van der Waals surface area contributed by atoms with E-state index < -0.39 is 0 Å². The molecule has 0 radical (unpaired) electrons. The zero-order valence-corrected chi connectivity index (χ0v) is 9.83. The summed E-state index contributed by atoms with van der Waals surface area (Å²) in [7, 11) is 1.58. The first-order valence-corrected chi connectivity index (χ1v) is 5.34. The van der Waals surface area contributed by atoms with E-state index in [-0.39, 0.29) is 6.08 Å². The van der Waals surface area contributed by atoms with Gasteiger partial charge in [0, 0.05) is 18.2 Å². The van der Waals surface area contributed by atoms with E-state index in [2.05, 4.69) is 10.1 Å². The van der Waals surface area contributed by atoms with E-state index in [0.29, 0.717) is 24.6 Å². The second-order valence-corrected chi connectivity index (χ2v) is 3.47. The molecule has 18 heavy (non-hydrogen) atoms. The Hall–Kier alpha value is -2.21. The molecule has 0 aliphatic heterocycles. The first-order chi connectivity index (χ1) is 8.83. The summed E-state index contributed by atoms with van der Waals surface area (Å²) in [4.78, 5) is 14.6. The largest absolute Gasteiger partial charge is 0.446 e. The van der Waals surface area contributed by atoms with Gasteiger partial charge in [0.25, 0.3) is 0 Å². The number of aromatic nitrogens is 2. The van der Waals surface area contributed by atoms with Crippen molar-refractivity contribution in [3.8, 4) is 17.5 Å². The summed E-state index contributed by atoms with van der Waals surface area (Å²) >= 11 is 0. The molecule has 1 aromatic heterocycles. The summed E-state index contributed by atoms with van der Waals surface area (Å²) in [6.45, 7) is 0.800. The number of nitrogens with zero attached hydrogens (tertiary/aromatic N) is 2. The topological polar surface area (TPSA) is 74.5 Å². The summed E-state index contributed by atoms with van der Waals surface area (Å²) < 4.78 is 14.9. The molecule has 0 aliphatic rings. The van der Waals surface area contributed by atoms with Gasteiger partial charge < -0.3 is 9.47 Å². The predicted molar refractivity (Wildman–Crippen MR) is 62.5 cm³/mol. The number of hydrogen-bond donors (Lipinski definition) is 0. The molecule has 0 atom stereocenters. The highest BCUT2D eigenvalue weighted by Crippen LogP contribution is 2.18. The summed E-state index contributed by atoms with van der Waals surface area (Å²) in [5.41, 5.74) is 1.35. The number of carbonyl (C=O) groups excluding carboxylic acids is 1. The fourth-order valence-corrected chi connectivity index (χ4v) is 1.31. The van der Waals surface area contributed by atoms with E-state index in [1.807, 2.05) is 0 Å². The monoisotopic (exact) mass is 248 g/mol. The highest BCUT2D eigenvalue weighted by molar-refractivity contribution is 5.76. The summed E-state index contributed by atoms with van der Waals surface area (Å²) in [6, 6.07) is 6.86. The lowest BCUT2D eigenvalue weighted by Gasteiger charge is -1.97. The lowest BCUT2D eigenvalue weighted by atomic mass is 10.1. The van der Waals surface area contributed by atoms with Crippen LogP contribution in [0.25, 0.3) is 11.4 Å². The Morgan fingerprint density at radius 3 is 2.72 bits per heavy atom. The Morgan fingerprint density at radius 1 is 1.28 bits per heavy atom. The van der Waals surface area contributed by atoms with Crippen molar-refractivity contribution in [3.63, 3.8) is 0 Å². The normalized spacial score (nSPS) is 10.3. The van der Waals surface area contributed by atoms with Crippen molar-refractivity contribution in [2.24, 2.45) is 0 Å². The molecule has 6 heteroatoms. The van der Waals surface area contributed by atoms with E-state index >= 15 is 0 Å². The standard InChI is InChI=1S/C12H12N2O4/c1-16-6-7-17-12-13-11(14-18-12)10-4-2-9(8-15)3-5-10/h2-5,8H,6-7H2,1H3. The minimum Gasteiger partial charge on any atom is -0.446 e. The van der Waals surface area contributed by atoms with Crippen LogP contribution in [0.5, 0.6) is 6.08 Å². The number of ether oxygens (including phenoxy) is 2. The van der Waals surface area contributed by atoms with Crippen molar-refractivity contribution in [1.29, 1.82) is 0 Å². The summed E-state index contributed by atoms with van der Waals surface area (Å²) in [6.07, 6.45) is 0.876. The molecule has 0 unspecified atom stereocenters. The molecular weight excluding hydrogens is 236 g/mol. The molecule has 0 amide bonds. The average Bonchev–Trinajstić information content (AvgIpc) is 2.88. The van der Waals surface area contributed by atoms with Gasteiger partial charge in [-0.1, -0.05) is 29.4 Å². The maximum absolute atomic E-state index is 10.5. The van der Waals surface area contributed by atoms with Gasteiger partial charge in [0.05, 0.1) is 6.61 Å². The van der Waals surface area contributed by atoms with Crippen LogP contribution in [0.3, 0.4) is 0 Å². The zero-order valence-electron chi connectivity index (χ0n) is 9.83. The number of aldehydes is 1. The van der Waals surface area contributed by atoms with Crippen LogP contribution in [-0.4, -0.2) is 36.8 Å². The van der Waals surface area contributed by atoms with Crippen molar-refractivity contribution in [3.05, 3.63) is 29.8 Å². The molecule has 0 saturated heterocycles. The van der Waals surface area contributed by atoms with Crippen LogP contribution >= 0.6 is 0 Å². The predicted octanol–water partition coefficient (Wildman–Crippen LogP) is 1.57. The van der Waals surface area contributed by atoms with Crippen molar-refractivity contribution < 1.29 is 18.8 Å². The Kier molecular flexibility index (Phi) is 4.03. The van der Waals surface area contributed by atoms with Gasteiger partial charge in [-0.05, 0) is 0 Å². The van der Waals surface area contributed by atoms with E-state index in [9.17, 15) is 4.79 Å². The van der Waals surface area contributed by atoms with Crippen LogP contribution in [0.2, 0.25) is 0 Å². The van der Waals surface area contributed by atoms with Gasteiger partial charge in [0.15, 0.2) is 0 Å². The third-order valence-electron chi connectivity index (χ3n) is 2.23. The molecule has 0 aliphatic carbocycles. The molecule has 94 valence electrons. The minimum atomic E-state index is 0.0986. The summed E-state index contributed by atoms with van der Waals surface area (Å²) in [5, 5.41) is 3.78. The SMILES string of the molecule is COCCOc1nc(-c2ccc(C=O)cc2)no1. The van der Waals surface area contributed by atoms with Gasteiger partial charge in [-0.2, -0.15) is 4.98 Å². The van der Waals surface area contributed by atoms with Gasteiger partial charge in [-0.25, -0.2) is 0 Å². The molecule has 0 spiro atoms. The Labute approximate surface area is 104 Å². The maximum Gasteiger partial charge on any atom is 0.417 e. The molecular formula is C12H12N2O4. The second kappa shape index (κ2) is 5.92. The van der Waals surface area contributed by atoms with Gasteiger partial charge in [0.2, 0.25) is 5.82 Å². The molecule has 0 saturated carbocycles. The van der Waals surface area contributed by atoms with Gasteiger partial charge in [-0.15, -0.1) is 0 Å². The van der Waals surface area contributed by atoms with Crippen molar-refractivity contribution in [1.82, 2.24) is 10.1 Å². The summed E-state index contributed by atoms with van der Waals surface area (Å²) in [5.74, 6) is 0.417. The molecule has 0 N–H and O–H groups in total. The average molecular weight is 248 g/mol. The lowest BCUT2D eigenvalue weighted by molar-refractivity contribution is 0.112. The van der Waals surface area contributed by atoms with E-state index in [0.717, 1.165) is 11.8 Å². The highest BCUT2D eigenvalue weighted by Gasteiger charge is 2.09. The maximum atomic E-state index is 10.5. The van der Waals surface area contributed by atoms with Crippen LogP contribution < -0.4 is 4.74 Å². The van der Waals surface area contributed by atoms with Crippen LogP contribution in [-0.2, 0) is 4.74 Å². The zero-order chi connectivity index (χ0) is 12.8. The number of benzene rings is 1. The highest BCUT2D eigenvalue weighted by atomic mass is 16.6. The number of rotatable bonds is 6. The van der Waals surface area contributed by atoms with Crippen LogP contribution in [0.4, 0.5) is 0 Å². The third-order valence-corrected chi connectivity index (χ3v) is 2.23. The smallest absolute Gasteiger partial charge is 0.417 e. The molecule has 6 nitrogen and oxygen atoms in total. The van der Waals surface area contributed by atoms with E-state index in [1.54, 1.807) is 31.4 Å². The van der Waals surface area contributed by atoms with Crippen molar-refractivity contribution in [2.45, 2.75) is 0 Å². The van der Waals surface area contributed by atoms with Crippen molar-refractivity contribution in [2.75, 3.05) is 20.3 Å².